The molecule has 13 heteroatoms. The Morgan fingerprint density at radius 2 is 1.82 bits per heavy atom. The fourth-order valence-corrected chi connectivity index (χ4v) is 2.91. The maximum Gasteiger partial charge on any atom is 0.416 e. The highest BCUT2D eigenvalue weighted by Crippen LogP contribution is 2.39. The number of aliphatic hydroxyl groups is 1. The van der Waals surface area contributed by atoms with E-state index < -0.39 is 46.8 Å². The Morgan fingerprint density at radius 3 is 2.39 bits per heavy atom. The van der Waals surface area contributed by atoms with E-state index in [4.69, 9.17) is 4.42 Å². The quantitative estimate of drug-likeness (QED) is 0.395. The smallest absolute Gasteiger partial charge is 0.416 e. The molecule has 2 aromatic heterocycles. The summed E-state index contributed by atoms with van der Waals surface area (Å²) in [4.78, 5) is 20.0. The first-order valence-corrected chi connectivity index (χ1v) is 9.55. The fraction of sp³-hybridized carbons (Fsp3) is 0.350. The molecule has 0 spiro atoms. The van der Waals surface area contributed by atoms with Gasteiger partial charge in [0, 0.05) is 23.6 Å². The van der Waals surface area contributed by atoms with Gasteiger partial charge in [-0.05, 0) is 26.8 Å². The van der Waals surface area contributed by atoms with Crippen molar-refractivity contribution >= 4 is 28.6 Å². The van der Waals surface area contributed by atoms with Gasteiger partial charge in [0.2, 0.25) is 5.95 Å². The number of aromatic nitrogens is 2. The Morgan fingerprint density at radius 1 is 1.18 bits per heavy atom. The number of fused-ring (bicyclic) bond motifs is 1. The fourth-order valence-electron chi connectivity index (χ4n) is 2.91. The zero-order valence-electron chi connectivity index (χ0n) is 17.6. The number of alkyl halides is 3. The summed E-state index contributed by atoms with van der Waals surface area (Å²) in [6.07, 6.45) is -2.72. The number of carbonyl (C=O) groups is 1. The third-order valence-electron chi connectivity index (χ3n) is 4.45. The average Bonchev–Trinajstić information content (AvgIpc) is 3.01. The van der Waals surface area contributed by atoms with Gasteiger partial charge in [-0.3, -0.25) is 0 Å². The van der Waals surface area contributed by atoms with Crippen LogP contribution in [0, 0.1) is 18.6 Å². The monoisotopic (exact) mass is 473 g/mol. The molecule has 0 saturated carbocycles. The molecule has 0 aliphatic rings. The van der Waals surface area contributed by atoms with Gasteiger partial charge in [0.1, 0.15) is 11.6 Å². The minimum Gasteiger partial charge on any atom is -0.455 e. The first-order chi connectivity index (χ1) is 15.2. The van der Waals surface area contributed by atoms with Crippen LogP contribution >= 0.6 is 0 Å². The molecule has 178 valence electrons. The third-order valence-corrected chi connectivity index (χ3v) is 4.45. The molecule has 2 amide bonds. The molecule has 0 aliphatic carbocycles. The predicted molar refractivity (Wildman–Crippen MR) is 109 cm³/mol. The number of amides is 2. The Kier molecular flexibility index (Phi) is 6.45. The lowest BCUT2D eigenvalue weighted by Gasteiger charge is -2.21. The number of hydrogen-bond donors (Lipinski definition) is 4. The molecular weight excluding hydrogens is 453 g/mol. The Balaban J connectivity index is 1.78. The van der Waals surface area contributed by atoms with Crippen molar-refractivity contribution in [2.45, 2.75) is 38.6 Å². The molecule has 3 rings (SSSR count). The van der Waals surface area contributed by atoms with E-state index in [9.17, 15) is 31.9 Å². The minimum absolute atomic E-state index is 0.0170. The van der Waals surface area contributed by atoms with Crippen LogP contribution in [0.3, 0.4) is 0 Å². The van der Waals surface area contributed by atoms with Gasteiger partial charge in [0.05, 0.1) is 23.7 Å². The topological polar surface area (TPSA) is 112 Å². The highest BCUT2D eigenvalue weighted by Gasteiger charge is 2.45. The van der Waals surface area contributed by atoms with Gasteiger partial charge in [-0.1, -0.05) is 0 Å². The number of carbonyl (C=O) groups excluding carboxylic acids is 1. The van der Waals surface area contributed by atoms with Crippen LogP contribution in [0.1, 0.15) is 31.2 Å². The standard InChI is InChI=1S/C20H20F5N5O3/c1-9-12-4-10(21)5-13(22)15(12)33-14(9)16(20(23,24)25)30-18(31)29-11-6-26-17(27-7-11)28-8-19(2,3)32/h4-7,16,32H,8H2,1-3H3,(H,26,27,28)(H2,29,30,31)/t16-/m1/s1. The number of hydrogen-bond acceptors (Lipinski definition) is 6. The van der Waals surface area contributed by atoms with Gasteiger partial charge < -0.3 is 25.5 Å². The van der Waals surface area contributed by atoms with E-state index in [2.05, 4.69) is 20.6 Å². The zero-order chi connectivity index (χ0) is 24.6. The van der Waals surface area contributed by atoms with Crippen molar-refractivity contribution in [1.82, 2.24) is 15.3 Å². The summed E-state index contributed by atoms with van der Waals surface area (Å²) in [5.41, 5.74) is -1.77. The van der Waals surface area contributed by atoms with Crippen LogP contribution in [-0.4, -0.2) is 39.4 Å². The minimum atomic E-state index is -5.01. The van der Waals surface area contributed by atoms with Crippen LogP contribution in [-0.2, 0) is 0 Å². The zero-order valence-corrected chi connectivity index (χ0v) is 17.6. The van der Waals surface area contributed by atoms with Crippen molar-refractivity contribution in [2.75, 3.05) is 17.2 Å². The number of nitrogens with zero attached hydrogens (tertiary/aromatic N) is 2. The number of anilines is 2. The lowest BCUT2D eigenvalue weighted by atomic mass is 10.1. The van der Waals surface area contributed by atoms with Gasteiger partial charge in [-0.25, -0.2) is 23.5 Å². The van der Waals surface area contributed by atoms with Crippen molar-refractivity contribution in [3.8, 4) is 0 Å². The van der Waals surface area contributed by atoms with E-state index in [1.165, 1.54) is 6.92 Å². The second kappa shape index (κ2) is 8.81. The van der Waals surface area contributed by atoms with Crippen LogP contribution in [0.25, 0.3) is 11.0 Å². The molecule has 4 N–H and O–H groups in total. The number of furan rings is 1. The second-order valence-electron chi connectivity index (χ2n) is 7.89. The third kappa shape index (κ3) is 5.86. The summed E-state index contributed by atoms with van der Waals surface area (Å²) in [5.74, 6) is -2.80. The first kappa shape index (κ1) is 24.2. The van der Waals surface area contributed by atoms with Gasteiger partial charge >= 0.3 is 12.2 Å². The van der Waals surface area contributed by atoms with E-state index in [0.717, 1.165) is 18.5 Å². The number of benzene rings is 1. The van der Waals surface area contributed by atoms with Crippen LogP contribution in [0.15, 0.2) is 28.9 Å². The van der Waals surface area contributed by atoms with E-state index in [0.29, 0.717) is 6.07 Å². The molecule has 1 aromatic carbocycles. The molecule has 3 aromatic rings. The largest absolute Gasteiger partial charge is 0.455 e. The Hall–Kier alpha value is -3.48. The highest BCUT2D eigenvalue weighted by molar-refractivity contribution is 5.89. The van der Waals surface area contributed by atoms with E-state index in [1.54, 1.807) is 19.2 Å². The van der Waals surface area contributed by atoms with Crippen molar-refractivity contribution in [1.29, 1.82) is 0 Å². The van der Waals surface area contributed by atoms with Crippen LogP contribution in [0.4, 0.5) is 38.4 Å². The Bertz CT molecular complexity index is 1160. The summed E-state index contributed by atoms with van der Waals surface area (Å²) in [5, 5.41) is 16.1. The number of rotatable bonds is 6. The molecule has 0 saturated heterocycles. The van der Waals surface area contributed by atoms with E-state index >= 15 is 0 Å². The van der Waals surface area contributed by atoms with Crippen molar-refractivity contribution in [3.05, 3.63) is 47.5 Å². The summed E-state index contributed by atoms with van der Waals surface area (Å²) in [7, 11) is 0. The molecule has 33 heavy (non-hydrogen) atoms. The molecule has 0 bridgehead atoms. The van der Waals surface area contributed by atoms with E-state index in [-0.39, 0.29) is 29.1 Å². The van der Waals surface area contributed by atoms with Gasteiger partial charge in [-0.15, -0.1) is 0 Å². The normalized spacial score (nSPS) is 13.1. The molecular formula is C20H20F5N5O3. The predicted octanol–water partition coefficient (Wildman–Crippen LogP) is 4.42. The SMILES string of the molecule is Cc1c([C@@H](NC(=O)Nc2cnc(NCC(C)(C)O)nc2)C(F)(F)F)oc2c(F)cc(F)cc12. The molecule has 1 atom stereocenters. The van der Waals surface area contributed by atoms with Crippen LogP contribution < -0.4 is 16.0 Å². The molecule has 0 unspecified atom stereocenters. The van der Waals surface area contributed by atoms with Crippen LogP contribution in [0.5, 0.6) is 0 Å². The van der Waals surface area contributed by atoms with Gasteiger partial charge in [0.25, 0.3) is 0 Å². The highest BCUT2D eigenvalue weighted by atomic mass is 19.4. The summed E-state index contributed by atoms with van der Waals surface area (Å²) in [6.45, 7) is 4.46. The second-order valence-corrected chi connectivity index (χ2v) is 7.89. The molecule has 8 nitrogen and oxygen atoms in total. The molecule has 0 aliphatic heterocycles. The van der Waals surface area contributed by atoms with Crippen molar-refractivity contribution in [3.63, 3.8) is 0 Å². The Labute approximate surface area is 184 Å². The number of aryl methyl sites for hydroxylation is 1. The maximum atomic E-state index is 14.0. The van der Waals surface area contributed by atoms with Gasteiger partial charge in [-0.2, -0.15) is 13.2 Å². The van der Waals surface area contributed by atoms with Gasteiger partial charge in [0.15, 0.2) is 17.4 Å². The lowest BCUT2D eigenvalue weighted by Crippen LogP contribution is -2.40. The van der Waals surface area contributed by atoms with Crippen molar-refractivity contribution in [2.24, 2.45) is 0 Å². The maximum absolute atomic E-state index is 14.0. The van der Waals surface area contributed by atoms with E-state index in [1.807, 2.05) is 0 Å². The summed E-state index contributed by atoms with van der Waals surface area (Å²) in [6, 6.07) is -2.57. The lowest BCUT2D eigenvalue weighted by molar-refractivity contribution is -0.158. The molecule has 0 radical (unpaired) electrons. The van der Waals surface area contributed by atoms with Crippen LogP contribution in [0.2, 0.25) is 0 Å². The summed E-state index contributed by atoms with van der Waals surface area (Å²) < 4.78 is 73.6. The summed E-state index contributed by atoms with van der Waals surface area (Å²) >= 11 is 0. The first-order valence-electron chi connectivity index (χ1n) is 9.55. The number of urea groups is 1. The average molecular weight is 473 g/mol. The van der Waals surface area contributed by atoms with Crippen molar-refractivity contribution < 1.29 is 36.3 Å². The molecule has 0 fully saturated rings. The number of halogens is 5. The number of nitrogens with one attached hydrogen (secondary N) is 3. The molecule has 2 heterocycles.